The lowest BCUT2D eigenvalue weighted by atomic mass is 9.90. The molecular formula is C29H30ClN7O4S2. The van der Waals surface area contributed by atoms with Crippen LogP contribution in [0.5, 0.6) is 11.8 Å². The number of hydrogen-bond donors (Lipinski definition) is 2. The van der Waals surface area contributed by atoms with Crippen LogP contribution >= 0.6 is 33.2 Å². The Bertz CT molecular complexity index is 1780. The number of aromatic nitrogens is 5. The molecule has 0 spiro atoms. The van der Waals surface area contributed by atoms with Gasteiger partial charge in [0.05, 0.1) is 34.9 Å². The van der Waals surface area contributed by atoms with E-state index < -0.39 is 5.92 Å². The zero-order valence-electron chi connectivity index (χ0n) is 23.7. The van der Waals surface area contributed by atoms with Gasteiger partial charge in [0.25, 0.3) is 5.56 Å². The quantitative estimate of drug-likeness (QED) is 0.115. The minimum absolute atomic E-state index is 0.00200. The van der Waals surface area contributed by atoms with E-state index in [1.165, 1.54) is 0 Å². The number of nitrogens with one attached hydrogen (secondary N) is 1. The highest BCUT2D eigenvalue weighted by molar-refractivity contribution is 8.76. The van der Waals surface area contributed by atoms with Crippen molar-refractivity contribution in [1.29, 1.82) is 0 Å². The topological polar surface area (TPSA) is 147 Å². The van der Waals surface area contributed by atoms with Gasteiger partial charge >= 0.3 is 12.0 Å². The minimum atomic E-state index is -0.448. The molecule has 0 saturated heterocycles. The molecule has 0 radical (unpaired) electrons. The molecule has 0 bridgehead atoms. The fourth-order valence-corrected chi connectivity index (χ4v) is 7.48. The van der Waals surface area contributed by atoms with Crippen LogP contribution in [0.25, 0.3) is 22.3 Å². The Morgan fingerprint density at radius 1 is 1.12 bits per heavy atom. The summed E-state index contributed by atoms with van der Waals surface area (Å²) in [6, 6.07) is 7.63. The molecule has 0 unspecified atom stereocenters. The third kappa shape index (κ3) is 5.78. The summed E-state index contributed by atoms with van der Waals surface area (Å²) in [6.45, 7) is 5.70. The number of fused-ring (bicyclic) bond motifs is 5. The first-order valence-corrected chi connectivity index (χ1v) is 16.9. The number of halogens is 1. The summed E-state index contributed by atoms with van der Waals surface area (Å²) in [7, 11) is 3.44. The van der Waals surface area contributed by atoms with Crippen molar-refractivity contribution in [2.45, 2.75) is 45.8 Å². The van der Waals surface area contributed by atoms with E-state index in [4.69, 9.17) is 31.8 Å². The predicted molar refractivity (Wildman–Crippen MR) is 170 cm³/mol. The van der Waals surface area contributed by atoms with E-state index in [0.29, 0.717) is 43.3 Å². The summed E-state index contributed by atoms with van der Waals surface area (Å²) in [5.41, 5.74) is 11.0. The normalized spacial score (nSPS) is 15.2. The molecule has 43 heavy (non-hydrogen) atoms. The standard InChI is InChI=1S/C29H30ClN7O4S2/c1-3-16-19-11-15(41-29-35-27(30)34-28(36-29)32-8-10-43-42-9-7-31)5-6-22(19)33-24-20(16)13-37-23(24)12-18-17(4-2)26(39)40-14-21(18)25(37)38/h5-6,11-12,17H,3-4,7-10,13-14,31H2,1-2H3,(H,32,34,35,36)/t17-/m1/s1. The summed E-state index contributed by atoms with van der Waals surface area (Å²) in [4.78, 5) is 43.6. The average Bonchev–Trinajstić information content (AvgIpc) is 3.36. The molecular weight excluding hydrogens is 610 g/mol. The maximum absolute atomic E-state index is 13.6. The van der Waals surface area contributed by atoms with Crippen molar-refractivity contribution in [3.63, 3.8) is 0 Å². The maximum Gasteiger partial charge on any atom is 0.328 e. The summed E-state index contributed by atoms with van der Waals surface area (Å²) in [6.07, 6.45) is 1.28. The fraction of sp³-hybridized carbons (Fsp3) is 0.379. The third-order valence-corrected chi connectivity index (χ3v) is 10.1. The van der Waals surface area contributed by atoms with Gasteiger partial charge in [-0.1, -0.05) is 35.4 Å². The van der Waals surface area contributed by atoms with Crippen molar-refractivity contribution < 1.29 is 14.3 Å². The Balaban J connectivity index is 1.30. The highest BCUT2D eigenvalue weighted by atomic mass is 35.5. The molecule has 2 aliphatic rings. The molecule has 0 aliphatic carbocycles. The van der Waals surface area contributed by atoms with Crippen molar-refractivity contribution >= 4 is 56.0 Å². The number of esters is 1. The van der Waals surface area contributed by atoms with Crippen LogP contribution in [-0.4, -0.2) is 55.1 Å². The highest BCUT2D eigenvalue weighted by Gasteiger charge is 2.34. The number of ether oxygens (including phenoxy) is 2. The van der Waals surface area contributed by atoms with Crippen LogP contribution in [0.3, 0.4) is 0 Å². The number of pyridine rings is 2. The van der Waals surface area contributed by atoms with E-state index in [2.05, 4.69) is 27.2 Å². The Labute approximate surface area is 260 Å². The fourth-order valence-electron chi connectivity index (χ4n) is 5.56. The lowest BCUT2D eigenvalue weighted by Crippen LogP contribution is -2.32. The molecule has 1 atom stereocenters. The second-order valence-electron chi connectivity index (χ2n) is 10.0. The predicted octanol–water partition coefficient (Wildman–Crippen LogP) is 4.92. The largest absolute Gasteiger partial charge is 0.460 e. The van der Waals surface area contributed by atoms with E-state index >= 15 is 0 Å². The first-order valence-electron chi connectivity index (χ1n) is 14.1. The lowest BCUT2D eigenvalue weighted by molar-refractivity contribution is -0.148. The van der Waals surface area contributed by atoms with E-state index in [9.17, 15) is 9.59 Å². The first kappa shape index (κ1) is 29.7. The van der Waals surface area contributed by atoms with Crippen molar-refractivity contribution in [2.75, 3.05) is 29.9 Å². The average molecular weight is 640 g/mol. The van der Waals surface area contributed by atoms with E-state index in [-0.39, 0.29) is 29.4 Å². The smallest absolute Gasteiger partial charge is 0.328 e. The molecule has 0 amide bonds. The number of hydrogen-bond acceptors (Lipinski definition) is 12. The number of anilines is 1. The van der Waals surface area contributed by atoms with Crippen molar-refractivity contribution in [3.8, 4) is 23.1 Å². The first-order chi connectivity index (χ1) is 20.9. The van der Waals surface area contributed by atoms with E-state index in [1.54, 1.807) is 32.2 Å². The monoisotopic (exact) mass is 639 g/mol. The number of nitrogens with zero attached hydrogens (tertiary/aromatic N) is 5. The van der Waals surface area contributed by atoms with Crippen LogP contribution in [0.2, 0.25) is 5.28 Å². The Hall–Kier alpha value is -3.39. The van der Waals surface area contributed by atoms with Gasteiger partial charge in [-0.05, 0) is 59.8 Å². The SMILES string of the molecule is CCc1c2c(nc3ccc(Oc4nc(Cl)nc(NCCSSCCN)n4)cc13)-c1cc3c(c(=O)n1C2)COC(=O)[C@@H]3CC. The number of carbonyl (C=O) groups is 1. The van der Waals surface area contributed by atoms with Crippen molar-refractivity contribution in [3.05, 3.63) is 62.2 Å². The number of rotatable bonds is 11. The van der Waals surface area contributed by atoms with Gasteiger partial charge in [0.1, 0.15) is 12.4 Å². The summed E-state index contributed by atoms with van der Waals surface area (Å²) >= 11 is 6.16. The second-order valence-corrected chi connectivity index (χ2v) is 13.1. The van der Waals surface area contributed by atoms with Gasteiger partial charge in [0.15, 0.2) is 0 Å². The van der Waals surface area contributed by atoms with Crippen LogP contribution in [0.1, 0.15) is 48.4 Å². The number of cyclic esters (lactones) is 1. The van der Waals surface area contributed by atoms with Gasteiger partial charge in [0, 0.05) is 35.5 Å². The van der Waals surface area contributed by atoms with Gasteiger partial charge in [-0.2, -0.15) is 15.0 Å². The Morgan fingerprint density at radius 2 is 1.95 bits per heavy atom. The van der Waals surface area contributed by atoms with Crippen LogP contribution in [0.4, 0.5) is 5.95 Å². The molecule has 6 rings (SSSR count). The van der Waals surface area contributed by atoms with Gasteiger partial charge in [0.2, 0.25) is 11.2 Å². The molecule has 0 fully saturated rings. The molecule has 2 aliphatic heterocycles. The van der Waals surface area contributed by atoms with Crippen LogP contribution in [0.15, 0.2) is 29.1 Å². The number of benzene rings is 1. The molecule has 3 N–H and O–H groups in total. The molecule has 224 valence electrons. The lowest BCUT2D eigenvalue weighted by Gasteiger charge is -2.24. The minimum Gasteiger partial charge on any atom is -0.460 e. The zero-order chi connectivity index (χ0) is 30.1. The summed E-state index contributed by atoms with van der Waals surface area (Å²) < 4.78 is 13.1. The second kappa shape index (κ2) is 12.7. The van der Waals surface area contributed by atoms with Crippen LogP contribution in [-0.2, 0) is 29.1 Å². The Morgan fingerprint density at radius 3 is 2.74 bits per heavy atom. The molecule has 3 aromatic heterocycles. The molecule has 5 heterocycles. The van der Waals surface area contributed by atoms with Crippen molar-refractivity contribution in [2.24, 2.45) is 5.73 Å². The summed E-state index contributed by atoms with van der Waals surface area (Å²) in [5.74, 6) is 1.86. The highest BCUT2D eigenvalue weighted by Crippen LogP contribution is 2.40. The van der Waals surface area contributed by atoms with E-state index in [1.807, 2.05) is 25.1 Å². The van der Waals surface area contributed by atoms with Gasteiger partial charge in [-0.15, -0.1) is 0 Å². The maximum atomic E-state index is 13.6. The number of nitrogens with two attached hydrogens (primary N) is 1. The number of carbonyl (C=O) groups excluding carboxylic acids is 1. The van der Waals surface area contributed by atoms with Gasteiger partial charge < -0.3 is 25.1 Å². The molecule has 14 heteroatoms. The molecule has 11 nitrogen and oxygen atoms in total. The third-order valence-electron chi connectivity index (χ3n) is 7.50. The molecule has 0 saturated carbocycles. The van der Waals surface area contributed by atoms with Crippen molar-refractivity contribution in [1.82, 2.24) is 24.5 Å². The zero-order valence-corrected chi connectivity index (χ0v) is 26.1. The number of aryl methyl sites for hydroxylation is 1. The van der Waals surface area contributed by atoms with Crippen LogP contribution < -0.4 is 21.3 Å². The van der Waals surface area contributed by atoms with E-state index in [0.717, 1.165) is 56.9 Å². The van der Waals surface area contributed by atoms with Gasteiger partial charge in [-0.25, -0.2) is 4.98 Å². The van der Waals surface area contributed by atoms with Gasteiger partial charge in [-0.3, -0.25) is 9.59 Å². The molecule has 4 aromatic rings. The molecule has 1 aromatic carbocycles. The Kier molecular flexibility index (Phi) is 8.75. The summed E-state index contributed by atoms with van der Waals surface area (Å²) in [5, 5.41) is 4.09. The van der Waals surface area contributed by atoms with Crippen LogP contribution in [0, 0.1) is 0 Å².